The summed E-state index contributed by atoms with van der Waals surface area (Å²) in [6.45, 7) is -2.97. The molecule has 0 aliphatic rings. The molecule has 21 heavy (non-hydrogen) atoms. The van der Waals surface area contributed by atoms with Crippen LogP contribution in [0.15, 0.2) is 42.5 Å². The van der Waals surface area contributed by atoms with Gasteiger partial charge in [-0.1, -0.05) is 18.2 Å². The number of ether oxygens (including phenoxy) is 1. The van der Waals surface area contributed by atoms with Crippen molar-refractivity contribution in [2.24, 2.45) is 5.84 Å². The summed E-state index contributed by atoms with van der Waals surface area (Å²) in [6, 6.07) is 7.89. The van der Waals surface area contributed by atoms with Crippen LogP contribution in [0.5, 0.6) is 5.75 Å². The number of nitrogens with two attached hydrogens (primary N) is 1. The molecule has 0 aromatic heterocycles. The standard InChI is InChI=1S/C14H12F4N2O/c15-9-4-5-11(12(16)7-9)13(20-19)8-2-1-3-10(6-8)21-14(17)18/h1-7,13-14,20H,19H2. The van der Waals surface area contributed by atoms with Crippen LogP contribution in [0.25, 0.3) is 0 Å². The molecule has 1 atom stereocenters. The fraction of sp³-hybridized carbons (Fsp3) is 0.143. The second-order valence-corrected chi connectivity index (χ2v) is 4.22. The molecule has 0 fully saturated rings. The van der Waals surface area contributed by atoms with Gasteiger partial charge in [0.1, 0.15) is 17.4 Å². The average Bonchev–Trinajstić information content (AvgIpc) is 2.41. The lowest BCUT2D eigenvalue weighted by molar-refractivity contribution is -0.0498. The Bertz CT molecular complexity index is 622. The van der Waals surface area contributed by atoms with Gasteiger partial charge in [0.05, 0.1) is 6.04 Å². The first-order valence-corrected chi connectivity index (χ1v) is 5.97. The van der Waals surface area contributed by atoms with E-state index in [4.69, 9.17) is 5.84 Å². The molecule has 3 N–H and O–H groups in total. The lowest BCUT2D eigenvalue weighted by atomic mass is 9.98. The molecule has 0 saturated heterocycles. The Hall–Kier alpha value is -2.12. The predicted octanol–water partition coefficient (Wildman–Crippen LogP) is 3.12. The van der Waals surface area contributed by atoms with Gasteiger partial charge in [-0.15, -0.1) is 0 Å². The fourth-order valence-corrected chi connectivity index (χ4v) is 1.97. The Kier molecular flexibility index (Phi) is 4.77. The topological polar surface area (TPSA) is 47.3 Å². The van der Waals surface area contributed by atoms with Gasteiger partial charge < -0.3 is 4.74 Å². The van der Waals surface area contributed by atoms with Crippen LogP contribution in [0.3, 0.4) is 0 Å². The number of benzene rings is 2. The van der Waals surface area contributed by atoms with E-state index in [-0.39, 0.29) is 11.3 Å². The zero-order chi connectivity index (χ0) is 15.4. The van der Waals surface area contributed by atoms with Gasteiger partial charge in [-0.05, 0) is 23.8 Å². The Morgan fingerprint density at radius 3 is 2.43 bits per heavy atom. The second kappa shape index (κ2) is 6.55. The maximum atomic E-state index is 13.8. The summed E-state index contributed by atoms with van der Waals surface area (Å²) in [5.74, 6) is 3.80. The maximum absolute atomic E-state index is 13.8. The van der Waals surface area contributed by atoms with E-state index < -0.39 is 24.3 Å². The summed E-state index contributed by atoms with van der Waals surface area (Å²) in [6.07, 6.45) is 0. The smallest absolute Gasteiger partial charge is 0.387 e. The van der Waals surface area contributed by atoms with Crippen molar-refractivity contribution in [2.75, 3.05) is 0 Å². The number of nitrogens with one attached hydrogen (secondary N) is 1. The van der Waals surface area contributed by atoms with Gasteiger partial charge in [0.15, 0.2) is 0 Å². The van der Waals surface area contributed by atoms with E-state index in [9.17, 15) is 17.6 Å². The van der Waals surface area contributed by atoms with Crippen LogP contribution in [0, 0.1) is 11.6 Å². The Morgan fingerprint density at radius 2 is 1.81 bits per heavy atom. The van der Waals surface area contributed by atoms with Crippen LogP contribution < -0.4 is 16.0 Å². The van der Waals surface area contributed by atoms with Crippen molar-refractivity contribution in [3.05, 3.63) is 65.2 Å². The Balaban J connectivity index is 2.37. The number of alkyl halides is 2. The van der Waals surface area contributed by atoms with E-state index in [2.05, 4.69) is 10.2 Å². The molecule has 2 rings (SSSR count). The van der Waals surface area contributed by atoms with Crippen LogP contribution in [-0.4, -0.2) is 6.61 Å². The van der Waals surface area contributed by atoms with Gasteiger partial charge in [0.2, 0.25) is 0 Å². The third-order valence-corrected chi connectivity index (χ3v) is 2.86. The highest BCUT2D eigenvalue weighted by atomic mass is 19.3. The normalized spacial score (nSPS) is 12.5. The molecule has 112 valence electrons. The van der Waals surface area contributed by atoms with Crippen molar-refractivity contribution < 1.29 is 22.3 Å². The van der Waals surface area contributed by atoms with Crippen molar-refractivity contribution in [3.8, 4) is 5.75 Å². The van der Waals surface area contributed by atoms with E-state index in [1.54, 1.807) is 6.07 Å². The number of hydrogen-bond acceptors (Lipinski definition) is 3. The first kappa shape index (κ1) is 15.3. The summed E-state index contributed by atoms with van der Waals surface area (Å²) in [5, 5.41) is 0. The van der Waals surface area contributed by atoms with Gasteiger partial charge in [0.25, 0.3) is 0 Å². The van der Waals surface area contributed by atoms with Crippen LogP contribution >= 0.6 is 0 Å². The summed E-state index contributed by atoms with van der Waals surface area (Å²) >= 11 is 0. The summed E-state index contributed by atoms with van der Waals surface area (Å²) in [7, 11) is 0. The van der Waals surface area contributed by atoms with E-state index in [0.717, 1.165) is 12.1 Å². The third kappa shape index (κ3) is 3.71. The first-order chi connectivity index (χ1) is 10.0. The molecule has 0 spiro atoms. The van der Waals surface area contributed by atoms with E-state index >= 15 is 0 Å². The fourth-order valence-electron chi connectivity index (χ4n) is 1.97. The highest BCUT2D eigenvalue weighted by molar-refractivity contribution is 5.37. The molecule has 0 amide bonds. The van der Waals surface area contributed by atoms with Gasteiger partial charge in [-0.2, -0.15) is 8.78 Å². The molecule has 0 aliphatic heterocycles. The number of rotatable bonds is 5. The van der Waals surface area contributed by atoms with Crippen LogP contribution in [-0.2, 0) is 0 Å². The Morgan fingerprint density at radius 1 is 1.05 bits per heavy atom. The monoisotopic (exact) mass is 300 g/mol. The second-order valence-electron chi connectivity index (χ2n) is 4.22. The lowest BCUT2D eigenvalue weighted by Crippen LogP contribution is -2.29. The molecule has 0 bridgehead atoms. The SMILES string of the molecule is NNC(c1cccc(OC(F)F)c1)c1ccc(F)cc1F. The highest BCUT2D eigenvalue weighted by Crippen LogP contribution is 2.27. The lowest BCUT2D eigenvalue weighted by Gasteiger charge is -2.18. The van der Waals surface area contributed by atoms with Crippen LogP contribution in [0.4, 0.5) is 17.6 Å². The summed E-state index contributed by atoms with van der Waals surface area (Å²) in [4.78, 5) is 0. The Labute approximate surface area is 118 Å². The molecule has 0 aliphatic carbocycles. The molecular formula is C14H12F4N2O. The van der Waals surface area contributed by atoms with Crippen molar-refractivity contribution >= 4 is 0 Å². The van der Waals surface area contributed by atoms with Crippen molar-refractivity contribution in [1.29, 1.82) is 0 Å². The largest absolute Gasteiger partial charge is 0.435 e. The quantitative estimate of drug-likeness (QED) is 0.507. The van der Waals surface area contributed by atoms with Crippen molar-refractivity contribution in [2.45, 2.75) is 12.7 Å². The number of hydrazine groups is 1. The minimum Gasteiger partial charge on any atom is -0.435 e. The zero-order valence-electron chi connectivity index (χ0n) is 10.7. The molecule has 1 unspecified atom stereocenters. The summed E-state index contributed by atoms with van der Waals surface area (Å²) in [5.41, 5.74) is 2.86. The predicted molar refractivity (Wildman–Crippen MR) is 68.6 cm³/mol. The van der Waals surface area contributed by atoms with Gasteiger partial charge >= 0.3 is 6.61 Å². The summed E-state index contributed by atoms with van der Waals surface area (Å²) < 4.78 is 55.4. The molecule has 0 radical (unpaired) electrons. The molecule has 0 saturated carbocycles. The average molecular weight is 300 g/mol. The molecule has 2 aromatic carbocycles. The van der Waals surface area contributed by atoms with Gasteiger partial charge in [-0.25, -0.2) is 14.2 Å². The van der Waals surface area contributed by atoms with Crippen molar-refractivity contribution in [3.63, 3.8) is 0 Å². The molecule has 3 nitrogen and oxygen atoms in total. The first-order valence-electron chi connectivity index (χ1n) is 5.97. The minimum absolute atomic E-state index is 0.0785. The van der Waals surface area contributed by atoms with Crippen LogP contribution in [0.2, 0.25) is 0 Å². The molecule has 0 heterocycles. The molecule has 7 heteroatoms. The number of hydrogen-bond donors (Lipinski definition) is 2. The highest BCUT2D eigenvalue weighted by Gasteiger charge is 2.18. The number of halogens is 4. The zero-order valence-corrected chi connectivity index (χ0v) is 10.7. The van der Waals surface area contributed by atoms with Gasteiger partial charge in [-0.3, -0.25) is 5.84 Å². The van der Waals surface area contributed by atoms with E-state index in [1.807, 2.05) is 0 Å². The maximum Gasteiger partial charge on any atom is 0.387 e. The van der Waals surface area contributed by atoms with E-state index in [0.29, 0.717) is 5.56 Å². The molecular weight excluding hydrogens is 288 g/mol. The van der Waals surface area contributed by atoms with Gasteiger partial charge in [0, 0.05) is 11.6 Å². The molecule has 2 aromatic rings. The van der Waals surface area contributed by atoms with Crippen molar-refractivity contribution in [1.82, 2.24) is 5.43 Å². The van der Waals surface area contributed by atoms with Crippen LogP contribution in [0.1, 0.15) is 17.2 Å². The van der Waals surface area contributed by atoms with E-state index in [1.165, 1.54) is 24.3 Å². The third-order valence-electron chi connectivity index (χ3n) is 2.86. The minimum atomic E-state index is -2.97.